The van der Waals surface area contributed by atoms with E-state index in [0.717, 1.165) is 33.3 Å². The summed E-state index contributed by atoms with van der Waals surface area (Å²) in [6, 6.07) is 13.8. The molecule has 3 nitrogen and oxygen atoms in total. The highest BCUT2D eigenvalue weighted by Gasteiger charge is 2.06. The van der Waals surface area contributed by atoms with Gasteiger partial charge in [0.05, 0.1) is 5.52 Å². The molecule has 0 saturated heterocycles. The number of benzene rings is 2. The van der Waals surface area contributed by atoms with Gasteiger partial charge in [-0.25, -0.2) is 0 Å². The van der Waals surface area contributed by atoms with Crippen molar-refractivity contribution in [1.82, 2.24) is 4.98 Å². The van der Waals surface area contributed by atoms with E-state index in [1.54, 1.807) is 6.07 Å². The Balaban J connectivity index is 1.92. The van der Waals surface area contributed by atoms with Gasteiger partial charge in [-0.2, -0.15) is 0 Å². The van der Waals surface area contributed by atoms with Gasteiger partial charge in [-0.15, -0.1) is 0 Å². The lowest BCUT2D eigenvalue weighted by molar-refractivity contribution is 0.469. The SMILES string of the molecule is Cc1ccc(O)c(CNc2ccc(C)c3ncccc23)c1. The molecule has 0 spiro atoms. The number of anilines is 1. The van der Waals surface area contributed by atoms with Crippen molar-refractivity contribution in [3.05, 3.63) is 65.4 Å². The van der Waals surface area contributed by atoms with Gasteiger partial charge in [-0.1, -0.05) is 23.8 Å². The van der Waals surface area contributed by atoms with Gasteiger partial charge in [0.15, 0.2) is 0 Å². The molecule has 3 rings (SSSR count). The minimum atomic E-state index is 0.322. The molecule has 2 aromatic carbocycles. The zero-order valence-corrected chi connectivity index (χ0v) is 12.2. The van der Waals surface area contributed by atoms with E-state index in [1.807, 2.05) is 31.3 Å². The van der Waals surface area contributed by atoms with E-state index >= 15 is 0 Å². The Hall–Kier alpha value is -2.55. The summed E-state index contributed by atoms with van der Waals surface area (Å²) in [6.45, 7) is 4.67. The van der Waals surface area contributed by atoms with E-state index in [0.29, 0.717) is 12.3 Å². The monoisotopic (exact) mass is 278 g/mol. The van der Waals surface area contributed by atoms with Gasteiger partial charge in [0.2, 0.25) is 0 Å². The second-order valence-corrected chi connectivity index (χ2v) is 5.32. The number of hydrogen-bond acceptors (Lipinski definition) is 3. The van der Waals surface area contributed by atoms with Gasteiger partial charge in [-0.05, 0) is 43.7 Å². The van der Waals surface area contributed by atoms with Crippen molar-refractivity contribution in [2.45, 2.75) is 20.4 Å². The maximum atomic E-state index is 9.92. The summed E-state index contributed by atoms with van der Waals surface area (Å²) in [6.07, 6.45) is 1.81. The minimum absolute atomic E-state index is 0.322. The number of nitrogens with zero attached hydrogens (tertiary/aromatic N) is 1. The van der Waals surface area contributed by atoms with E-state index < -0.39 is 0 Å². The minimum Gasteiger partial charge on any atom is -0.508 e. The molecule has 0 aliphatic rings. The molecule has 0 aliphatic heterocycles. The lowest BCUT2D eigenvalue weighted by atomic mass is 10.1. The van der Waals surface area contributed by atoms with Gasteiger partial charge in [-0.3, -0.25) is 4.98 Å². The highest BCUT2D eigenvalue weighted by molar-refractivity contribution is 5.93. The first kappa shape index (κ1) is 13.4. The van der Waals surface area contributed by atoms with Crippen molar-refractivity contribution in [1.29, 1.82) is 0 Å². The first-order chi connectivity index (χ1) is 10.1. The van der Waals surface area contributed by atoms with Crippen LogP contribution in [0, 0.1) is 13.8 Å². The average molecular weight is 278 g/mol. The van der Waals surface area contributed by atoms with Crippen LogP contribution in [0.3, 0.4) is 0 Å². The normalized spacial score (nSPS) is 10.8. The van der Waals surface area contributed by atoms with Gasteiger partial charge in [0, 0.05) is 29.4 Å². The molecule has 0 saturated carbocycles. The first-order valence-electron chi connectivity index (χ1n) is 7.02. The van der Waals surface area contributed by atoms with Crippen molar-refractivity contribution in [2.24, 2.45) is 0 Å². The maximum Gasteiger partial charge on any atom is 0.120 e. The number of hydrogen-bond donors (Lipinski definition) is 2. The molecule has 0 amide bonds. The third kappa shape index (κ3) is 2.68. The Kier molecular flexibility index (Phi) is 3.48. The Morgan fingerprint density at radius 1 is 1.10 bits per heavy atom. The summed E-state index contributed by atoms with van der Waals surface area (Å²) in [5.74, 6) is 0.322. The number of phenols is 1. The Morgan fingerprint density at radius 3 is 2.81 bits per heavy atom. The van der Waals surface area contributed by atoms with Gasteiger partial charge >= 0.3 is 0 Å². The van der Waals surface area contributed by atoms with Crippen LogP contribution in [0.1, 0.15) is 16.7 Å². The Bertz CT molecular complexity index is 796. The van der Waals surface area contributed by atoms with Crippen molar-refractivity contribution in [3.8, 4) is 5.75 Å². The molecule has 1 heterocycles. The Labute approximate surface area is 124 Å². The van der Waals surface area contributed by atoms with Crippen molar-refractivity contribution >= 4 is 16.6 Å². The smallest absolute Gasteiger partial charge is 0.120 e. The zero-order chi connectivity index (χ0) is 14.8. The molecular weight excluding hydrogens is 260 g/mol. The quantitative estimate of drug-likeness (QED) is 0.755. The second-order valence-electron chi connectivity index (χ2n) is 5.32. The standard InChI is InChI=1S/C18H18N2O/c1-12-5-8-17(21)14(10-12)11-20-16-7-6-13(2)18-15(16)4-3-9-19-18/h3-10,20-21H,11H2,1-2H3. The molecule has 0 unspecified atom stereocenters. The van der Waals surface area contributed by atoms with E-state index in [4.69, 9.17) is 0 Å². The van der Waals surface area contributed by atoms with Crippen LogP contribution in [-0.2, 0) is 6.54 Å². The fourth-order valence-electron chi connectivity index (χ4n) is 2.51. The van der Waals surface area contributed by atoms with Crippen LogP contribution >= 0.6 is 0 Å². The molecule has 1 aromatic heterocycles. The topological polar surface area (TPSA) is 45.1 Å². The predicted molar refractivity (Wildman–Crippen MR) is 86.7 cm³/mol. The number of nitrogens with one attached hydrogen (secondary N) is 1. The maximum absolute atomic E-state index is 9.92. The number of fused-ring (bicyclic) bond motifs is 1. The highest BCUT2D eigenvalue weighted by atomic mass is 16.3. The number of aryl methyl sites for hydroxylation is 2. The fraction of sp³-hybridized carbons (Fsp3) is 0.167. The van der Waals surface area contributed by atoms with Crippen molar-refractivity contribution in [2.75, 3.05) is 5.32 Å². The molecule has 2 N–H and O–H groups in total. The van der Waals surface area contributed by atoms with Gasteiger partial charge in [0.1, 0.15) is 5.75 Å². The van der Waals surface area contributed by atoms with Crippen LogP contribution in [0.15, 0.2) is 48.7 Å². The lowest BCUT2D eigenvalue weighted by Gasteiger charge is -2.12. The molecule has 3 aromatic rings. The molecule has 0 aliphatic carbocycles. The van der Waals surface area contributed by atoms with E-state index in [9.17, 15) is 5.11 Å². The summed E-state index contributed by atoms with van der Waals surface area (Å²) < 4.78 is 0. The number of phenolic OH excluding ortho intramolecular Hbond substituents is 1. The average Bonchev–Trinajstić information content (AvgIpc) is 2.50. The van der Waals surface area contributed by atoms with Crippen LogP contribution in [0.25, 0.3) is 10.9 Å². The summed E-state index contributed by atoms with van der Waals surface area (Å²) in [5, 5.41) is 14.4. The number of aromatic nitrogens is 1. The van der Waals surface area contributed by atoms with Crippen LogP contribution in [0.5, 0.6) is 5.75 Å². The summed E-state index contributed by atoms with van der Waals surface area (Å²) in [4.78, 5) is 4.44. The van der Waals surface area contributed by atoms with E-state index in [-0.39, 0.29) is 0 Å². The molecule has 106 valence electrons. The zero-order valence-electron chi connectivity index (χ0n) is 12.2. The van der Waals surface area contributed by atoms with Crippen LogP contribution in [0.2, 0.25) is 0 Å². The third-order valence-electron chi connectivity index (χ3n) is 3.68. The van der Waals surface area contributed by atoms with Crippen LogP contribution in [0.4, 0.5) is 5.69 Å². The largest absolute Gasteiger partial charge is 0.508 e. The Morgan fingerprint density at radius 2 is 1.95 bits per heavy atom. The second kappa shape index (κ2) is 5.44. The van der Waals surface area contributed by atoms with E-state index in [1.165, 1.54) is 0 Å². The summed E-state index contributed by atoms with van der Waals surface area (Å²) in [7, 11) is 0. The van der Waals surface area contributed by atoms with Gasteiger partial charge < -0.3 is 10.4 Å². The third-order valence-corrected chi connectivity index (χ3v) is 3.68. The first-order valence-corrected chi connectivity index (χ1v) is 7.02. The number of pyridine rings is 1. The van der Waals surface area contributed by atoms with Crippen LogP contribution < -0.4 is 5.32 Å². The number of aromatic hydroxyl groups is 1. The molecule has 0 fully saturated rings. The molecule has 21 heavy (non-hydrogen) atoms. The van der Waals surface area contributed by atoms with Gasteiger partial charge in [0.25, 0.3) is 0 Å². The molecule has 0 bridgehead atoms. The van der Waals surface area contributed by atoms with Crippen molar-refractivity contribution < 1.29 is 5.11 Å². The van der Waals surface area contributed by atoms with Crippen molar-refractivity contribution in [3.63, 3.8) is 0 Å². The summed E-state index contributed by atoms with van der Waals surface area (Å²) >= 11 is 0. The molecular formula is C18H18N2O. The summed E-state index contributed by atoms with van der Waals surface area (Å²) in [5.41, 5.74) is 5.24. The highest BCUT2D eigenvalue weighted by Crippen LogP contribution is 2.26. The molecule has 0 radical (unpaired) electrons. The molecule has 0 atom stereocenters. The molecule has 3 heteroatoms. The lowest BCUT2D eigenvalue weighted by Crippen LogP contribution is -2.01. The predicted octanol–water partition coefficient (Wildman–Crippen LogP) is 4.17. The van der Waals surface area contributed by atoms with E-state index in [2.05, 4.69) is 35.4 Å². The number of rotatable bonds is 3. The van der Waals surface area contributed by atoms with Crippen LogP contribution in [-0.4, -0.2) is 10.1 Å². The fourth-order valence-corrected chi connectivity index (χ4v) is 2.51.